The Morgan fingerprint density at radius 3 is 2.44 bits per heavy atom. The van der Waals surface area contributed by atoms with Crippen LogP contribution in [0.1, 0.15) is 64.7 Å². The largest absolute Gasteiger partial charge is 0.392 e. The predicted octanol–water partition coefficient (Wildman–Crippen LogP) is 1.45. The lowest BCUT2D eigenvalue weighted by Gasteiger charge is -2.39. The van der Waals surface area contributed by atoms with E-state index in [4.69, 9.17) is 0 Å². The van der Waals surface area contributed by atoms with E-state index in [1.165, 1.54) is 19.3 Å². The van der Waals surface area contributed by atoms with Crippen LogP contribution in [0.25, 0.3) is 0 Å². The monoisotopic (exact) mass is 380 g/mol. The van der Waals surface area contributed by atoms with Crippen LogP contribution >= 0.6 is 0 Å². The molecule has 0 aromatic carbocycles. The summed E-state index contributed by atoms with van der Waals surface area (Å²) in [6, 6.07) is 0.352. The molecule has 0 radical (unpaired) electrons. The van der Waals surface area contributed by atoms with Gasteiger partial charge in [-0.25, -0.2) is 4.79 Å². The molecule has 3 rings (SSSR count). The van der Waals surface area contributed by atoms with Crippen molar-refractivity contribution in [1.82, 2.24) is 20.4 Å². The van der Waals surface area contributed by atoms with Crippen LogP contribution in [0.2, 0.25) is 0 Å². The highest BCUT2D eigenvalue weighted by atomic mass is 16.3. The summed E-state index contributed by atoms with van der Waals surface area (Å²) >= 11 is 0. The van der Waals surface area contributed by atoms with Crippen molar-refractivity contribution in [2.45, 2.75) is 88.9 Å². The van der Waals surface area contributed by atoms with Gasteiger partial charge in [0.15, 0.2) is 0 Å². The molecule has 2 atom stereocenters. The van der Waals surface area contributed by atoms with E-state index in [1.54, 1.807) is 0 Å². The third kappa shape index (κ3) is 5.35. The summed E-state index contributed by atoms with van der Waals surface area (Å²) in [5.74, 6) is 0.0848. The first-order valence-corrected chi connectivity index (χ1v) is 10.9. The first kappa shape index (κ1) is 20.4. The van der Waals surface area contributed by atoms with Gasteiger partial charge < -0.3 is 20.6 Å². The summed E-state index contributed by atoms with van der Waals surface area (Å²) in [7, 11) is 0. The molecule has 3 N–H and O–H groups in total. The number of hydrogen-bond acceptors (Lipinski definition) is 4. The van der Waals surface area contributed by atoms with Gasteiger partial charge in [-0.05, 0) is 38.5 Å². The SMILES string of the molecule is CCCNC(=O)N1CCC(N2C[C@H](O)C[C@H]2C(=O)NC2CCCCC2)CC1. The number of nitrogens with one attached hydrogen (secondary N) is 2. The van der Waals surface area contributed by atoms with Gasteiger partial charge in [-0.15, -0.1) is 0 Å². The van der Waals surface area contributed by atoms with Gasteiger partial charge in [0.05, 0.1) is 12.1 Å². The molecular weight excluding hydrogens is 344 g/mol. The number of likely N-dealkylation sites (tertiary alicyclic amines) is 2. The van der Waals surface area contributed by atoms with Gasteiger partial charge in [0.1, 0.15) is 0 Å². The van der Waals surface area contributed by atoms with Crippen molar-refractivity contribution in [2.24, 2.45) is 0 Å². The molecule has 1 aliphatic carbocycles. The minimum Gasteiger partial charge on any atom is -0.392 e. The summed E-state index contributed by atoms with van der Waals surface area (Å²) in [6.07, 6.45) is 8.56. The number of carbonyl (C=O) groups is 2. The average Bonchev–Trinajstić information content (AvgIpc) is 3.09. The van der Waals surface area contributed by atoms with Gasteiger partial charge in [-0.3, -0.25) is 9.69 Å². The van der Waals surface area contributed by atoms with Crippen LogP contribution in [0.15, 0.2) is 0 Å². The number of hydrogen-bond donors (Lipinski definition) is 3. The number of amides is 3. The van der Waals surface area contributed by atoms with Gasteiger partial charge in [-0.1, -0.05) is 26.2 Å². The van der Waals surface area contributed by atoms with Crippen LogP contribution in [0.3, 0.4) is 0 Å². The van der Waals surface area contributed by atoms with Crippen molar-refractivity contribution < 1.29 is 14.7 Å². The Hall–Kier alpha value is -1.34. The van der Waals surface area contributed by atoms with E-state index in [2.05, 4.69) is 15.5 Å². The molecule has 7 nitrogen and oxygen atoms in total. The molecule has 0 aromatic rings. The quantitative estimate of drug-likeness (QED) is 0.674. The van der Waals surface area contributed by atoms with E-state index in [0.717, 1.165) is 32.1 Å². The highest BCUT2D eigenvalue weighted by Crippen LogP contribution is 2.27. The Kier molecular flexibility index (Phi) is 7.35. The molecule has 3 aliphatic rings. The zero-order chi connectivity index (χ0) is 19.2. The fourth-order valence-corrected chi connectivity index (χ4v) is 4.79. The van der Waals surface area contributed by atoms with E-state index >= 15 is 0 Å². The zero-order valence-electron chi connectivity index (χ0n) is 16.7. The third-order valence-corrected chi connectivity index (χ3v) is 6.32. The molecule has 3 amide bonds. The molecule has 2 heterocycles. The number of nitrogens with zero attached hydrogens (tertiary/aromatic N) is 2. The number of aliphatic hydroxyl groups excluding tert-OH is 1. The van der Waals surface area contributed by atoms with E-state index in [0.29, 0.717) is 38.6 Å². The molecule has 0 bridgehead atoms. The van der Waals surface area contributed by atoms with Crippen LogP contribution in [0, 0.1) is 0 Å². The zero-order valence-corrected chi connectivity index (χ0v) is 16.7. The Morgan fingerprint density at radius 1 is 1.07 bits per heavy atom. The maximum atomic E-state index is 12.9. The van der Waals surface area contributed by atoms with Crippen molar-refractivity contribution in [3.05, 3.63) is 0 Å². The van der Waals surface area contributed by atoms with Gasteiger partial charge >= 0.3 is 6.03 Å². The molecule has 0 aromatic heterocycles. The van der Waals surface area contributed by atoms with Gasteiger partial charge in [-0.2, -0.15) is 0 Å². The number of piperidine rings is 1. The molecule has 0 spiro atoms. The summed E-state index contributed by atoms with van der Waals surface area (Å²) in [6.45, 7) is 4.74. The molecule has 154 valence electrons. The first-order chi connectivity index (χ1) is 13.1. The van der Waals surface area contributed by atoms with Crippen LogP contribution in [0.4, 0.5) is 4.79 Å². The highest BCUT2D eigenvalue weighted by molar-refractivity contribution is 5.82. The molecular formula is C20H36N4O3. The standard InChI is InChI=1S/C20H36N4O3/c1-2-10-21-20(27)23-11-8-16(9-12-23)24-14-17(25)13-18(24)19(26)22-15-6-4-3-5-7-15/h15-18,25H,2-14H2,1H3,(H,21,27)(H,22,26)/t17-,18+/m1/s1. The molecule has 7 heteroatoms. The molecule has 27 heavy (non-hydrogen) atoms. The normalized spacial score (nSPS) is 28.3. The van der Waals surface area contributed by atoms with Crippen LogP contribution in [0.5, 0.6) is 0 Å². The number of carbonyl (C=O) groups excluding carboxylic acids is 2. The molecule has 3 fully saturated rings. The minimum atomic E-state index is -0.432. The van der Waals surface area contributed by atoms with E-state index in [-0.39, 0.29) is 24.0 Å². The molecule has 2 saturated heterocycles. The first-order valence-electron chi connectivity index (χ1n) is 10.9. The average molecular weight is 381 g/mol. The molecule has 0 unspecified atom stereocenters. The number of β-amino-alcohol motifs (C(OH)–C–C–N with tert-alkyl or cyclic N) is 1. The second kappa shape index (κ2) is 9.73. The van der Waals surface area contributed by atoms with Crippen LogP contribution in [-0.4, -0.2) is 77.3 Å². The Bertz CT molecular complexity index is 501. The van der Waals surface area contributed by atoms with Crippen molar-refractivity contribution in [2.75, 3.05) is 26.2 Å². The smallest absolute Gasteiger partial charge is 0.317 e. The minimum absolute atomic E-state index is 0.0170. The molecule has 2 aliphatic heterocycles. The third-order valence-electron chi connectivity index (χ3n) is 6.32. The van der Waals surface area contributed by atoms with E-state index in [1.807, 2.05) is 11.8 Å². The lowest BCUT2D eigenvalue weighted by Crippen LogP contribution is -2.54. The van der Waals surface area contributed by atoms with Crippen LogP contribution < -0.4 is 10.6 Å². The summed E-state index contributed by atoms with van der Waals surface area (Å²) in [4.78, 5) is 29.1. The Labute approximate surface area is 162 Å². The van der Waals surface area contributed by atoms with Gasteiger partial charge in [0, 0.05) is 38.3 Å². The summed E-state index contributed by atoms with van der Waals surface area (Å²) < 4.78 is 0. The van der Waals surface area contributed by atoms with Crippen molar-refractivity contribution >= 4 is 11.9 Å². The second-order valence-corrected chi connectivity index (χ2v) is 8.40. The maximum Gasteiger partial charge on any atom is 0.317 e. The lowest BCUT2D eigenvalue weighted by atomic mass is 9.95. The van der Waals surface area contributed by atoms with Crippen molar-refractivity contribution in [1.29, 1.82) is 0 Å². The number of aliphatic hydroxyl groups is 1. The predicted molar refractivity (Wildman–Crippen MR) is 104 cm³/mol. The number of rotatable bonds is 5. The van der Waals surface area contributed by atoms with Gasteiger partial charge in [0.2, 0.25) is 5.91 Å². The maximum absolute atomic E-state index is 12.9. The number of urea groups is 1. The fraction of sp³-hybridized carbons (Fsp3) is 0.900. The highest BCUT2D eigenvalue weighted by Gasteiger charge is 2.41. The van der Waals surface area contributed by atoms with Crippen LogP contribution in [-0.2, 0) is 4.79 Å². The topological polar surface area (TPSA) is 84.9 Å². The van der Waals surface area contributed by atoms with E-state index in [9.17, 15) is 14.7 Å². The van der Waals surface area contributed by atoms with Gasteiger partial charge in [0.25, 0.3) is 0 Å². The fourth-order valence-electron chi connectivity index (χ4n) is 4.79. The lowest BCUT2D eigenvalue weighted by molar-refractivity contribution is -0.127. The van der Waals surface area contributed by atoms with Crippen molar-refractivity contribution in [3.63, 3.8) is 0 Å². The van der Waals surface area contributed by atoms with Crippen molar-refractivity contribution in [3.8, 4) is 0 Å². The molecule has 1 saturated carbocycles. The Balaban J connectivity index is 1.52. The van der Waals surface area contributed by atoms with E-state index < -0.39 is 6.10 Å². The summed E-state index contributed by atoms with van der Waals surface area (Å²) in [5.41, 5.74) is 0. The Morgan fingerprint density at radius 2 is 1.78 bits per heavy atom. The summed E-state index contributed by atoms with van der Waals surface area (Å²) in [5, 5.41) is 16.4. The second-order valence-electron chi connectivity index (χ2n) is 8.40.